The zero-order valence-electron chi connectivity index (χ0n) is 12.4. The number of thiophene rings is 1. The second-order valence-corrected chi connectivity index (χ2v) is 8.03. The maximum absolute atomic E-state index is 13.7. The van der Waals surface area contributed by atoms with Crippen LogP contribution in [0.5, 0.6) is 5.75 Å². The Bertz CT molecular complexity index is 779. The van der Waals surface area contributed by atoms with E-state index in [4.69, 9.17) is 21.1 Å². The van der Waals surface area contributed by atoms with Gasteiger partial charge in [0.2, 0.25) is 10.0 Å². The lowest BCUT2D eigenvalue weighted by Gasteiger charge is -2.15. The molecule has 0 aliphatic heterocycles. The molecule has 1 heterocycles. The van der Waals surface area contributed by atoms with Crippen LogP contribution in [0, 0.1) is 5.82 Å². The third-order valence-corrected chi connectivity index (χ3v) is 5.83. The van der Waals surface area contributed by atoms with Crippen molar-refractivity contribution >= 4 is 33.0 Å². The van der Waals surface area contributed by atoms with E-state index in [1.165, 1.54) is 37.7 Å². The van der Waals surface area contributed by atoms with Crippen LogP contribution in [0.25, 0.3) is 0 Å². The minimum absolute atomic E-state index is 0.00330. The zero-order valence-corrected chi connectivity index (χ0v) is 14.8. The highest BCUT2D eigenvalue weighted by Crippen LogP contribution is 2.28. The van der Waals surface area contributed by atoms with Crippen molar-refractivity contribution in [2.45, 2.75) is 11.0 Å². The van der Waals surface area contributed by atoms with Gasteiger partial charge in [-0.25, -0.2) is 17.5 Å². The maximum atomic E-state index is 13.7. The molecule has 0 amide bonds. The normalized spacial score (nSPS) is 13.0. The Hall–Kier alpha value is -1.19. The van der Waals surface area contributed by atoms with Gasteiger partial charge in [0.05, 0.1) is 16.3 Å². The predicted molar refractivity (Wildman–Crippen MR) is 87.2 cm³/mol. The molecule has 0 fully saturated rings. The Morgan fingerprint density at radius 3 is 2.57 bits per heavy atom. The van der Waals surface area contributed by atoms with E-state index in [1.54, 1.807) is 12.1 Å². The first-order valence-corrected chi connectivity index (χ1v) is 9.16. The second kappa shape index (κ2) is 7.59. The van der Waals surface area contributed by atoms with Crippen LogP contribution in [0.3, 0.4) is 0 Å². The third-order valence-electron chi connectivity index (χ3n) is 3.09. The van der Waals surface area contributed by atoms with E-state index in [2.05, 4.69) is 4.72 Å². The molecule has 126 valence electrons. The van der Waals surface area contributed by atoms with Crippen molar-refractivity contribution in [1.29, 1.82) is 0 Å². The van der Waals surface area contributed by atoms with Crippen LogP contribution in [0.2, 0.25) is 4.34 Å². The molecule has 1 aromatic heterocycles. The summed E-state index contributed by atoms with van der Waals surface area (Å²) in [5.74, 6) is -0.768. The van der Waals surface area contributed by atoms with Crippen molar-refractivity contribution in [1.82, 2.24) is 4.72 Å². The van der Waals surface area contributed by atoms with Crippen LogP contribution in [-0.2, 0) is 14.8 Å². The topological polar surface area (TPSA) is 64.6 Å². The first-order chi connectivity index (χ1) is 10.9. The molecule has 5 nitrogen and oxygen atoms in total. The van der Waals surface area contributed by atoms with Crippen molar-refractivity contribution in [3.63, 3.8) is 0 Å². The molecule has 1 atom stereocenters. The summed E-state index contributed by atoms with van der Waals surface area (Å²) in [7, 11) is -1.09. The predicted octanol–water partition coefficient (Wildman–Crippen LogP) is 3.22. The number of ether oxygens (including phenoxy) is 2. The molecule has 0 radical (unpaired) electrons. The fourth-order valence-corrected chi connectivity index (χ4v) is 4.07. The van der Waals surface area contributed by atoms with E-state index in [0.717, 1.165) is 10.9 Å². The first kappa shape index (κ1) is 18.2. The third kappa shape index (κ3) is 4.42. The Labute approximate surface area is 143 Å². The Kier molecular flexibility index (Phi) is 5.99. The number of halogens is 2. The van der Waals surface area contributed by atoms with Gasteiger partial charge >= 0.3 is 0 Å². The minimum atomic E-state index is -3.87. The van der Waals surface area contributed by atoms with Crippen molar-refractivity contribution in [2.24, 2.45) is 0 Å². The molecule has 0 spiro atoms. The van der Waals surface area contributed by atoms with Gasteiger partial charge in [-0.2, -0.15) is 0 Å². The quantitative estimate of drug-likeness (QED) is 0.802. The summed E-state index contributed by atoms with van der Waals surface area (Å²) in [6, 6.07) is 6.92. The summed E-state index contributed by atoms with van der Waals surface area (Å²) in [6.07, 6.45) is -0.481. The Morgan fingerprint density at radius 1 is 1.30 bits per heavy atom. The summed E-state index contributed by atoms with van der Waals surface area (Å²) in [5.41, 5.74) is 0. The number of nitrogens with one attached hydrogen (secondary N) is 1. The lowest BCUT2D eigenvalue weighted by molar-refractivity contribution is 0.110. The Balaban J connectivity index is 2.13. The molecule has 23 heavy (non-hydrogen) atoms. The van der Waals surface area contributed by atoms with E-state index in [1.807, 2.05) is 0 Å². The lowest BCUT2D eigenvalue weighted by Crippen LogP contribution is -2.29. The fourth-order valence-electron chi connectivity index (χ4n) is 1.88. The van der Waals surface area contributed by atoms with Crippen molar-refractivity contribution in [3.05, 3.63) is 45.4 Å². The van der Waals surface area contributed by atoms with Gasteiger partial charge in [-0.3, -0.25) is 0 Å². The molecule has 0 unspecified atom stereocenters. The van der Waals surface area contributed by atoms with Gasteiger partial charge in [0.25, 0.3) is 0 Å². The van der Waals surface area contributed by atoms with Gasteiger partial charge in [-0.1, -0.05) is 11.6 Å². The molecule has 1 N–H and O–H groups in total. The largest absolute Gasteiger partial charge is 0.494 e. The number of sulfonamides is 1. The molecule has 9 heteroatoms. The molecule has 0 bridgehead atoms. The molecule has 1 aromatic carbocycles. The highest BCUT2D eigenvalue weighted by Gasteiger charge is 2.20. The van der Waals surface area contributed by atoms with Gasteiger partial charge in [0.15, 0.2) is 11.6 Å². The summed E-state index contributed by atoms with van der Waals surface area (Å²) in [5, 5.41) is 0. The zero-order chi connectivity index (χ0) is 17.0. The Morgan fingerprint density at radius 2 is 2.04 bits per heavy atom. The molecular formula is C14H15ClFNO4S2. The highest BCUT2D eigenvalue weighted by atomic mass is 35.5. The van der Waals surface area contributed by atoms with Crippen molar-refractivity contribution in [3.8, 4) is 5.75 Å². The number of hydrogen-bond donors (Lipinski definition) is 1. The number of methoxy groups -OCH3 is 2. The van der Waals surface area contributed by atoms with Gasteiger partial charge in [0.1, 0.15) is 6.10 Å². The van der Waals surface area contributed by atoms with Crippen LogP contribution in [0.15, 0.2) is 35.2 Å². The van der Waals surface area contributed by atoms with Crippen molar-refractivity contribution < 1.29 is 22.3 Å². The molecule has 2 aromatic rings. The van der Waals surface area contributed by atoms with Crippen molar-refractivity contribution in [2.75, 3.05) is 20.8 Å². The number of rotatable bonds is 7. The smallest absolute Gasteiger partial charge is 0.240 e. The first-order valence-electron chi connectivity index (χ1n) is 6.48. The van der Waals surface area contributed by atoms with E-state index in [-0.39, 0.29) is 17.2 Å². The lowest BCUT2D eigenvalue weighted by atomic mass is 10.3. The summed E-state index contributed by atoms with van der Waals surface area (Å²) in [6.45, 7) is 0.00330. The van der Waals surface area contributed by atoms with E-state index in [0.29, 0.717) is 4.34 Å². The molecule has 0 aliphatic carbocycles. The van der Waals surface area contributed by atoms with Gasteiger partial charge in [0, 0.05) is 18.5 Å². The summed E-state index contributed by atoms with van der Waals surface area (Å²) in [4.78, 5) is 0.607. The molecule has 2 rings (SSSR count). The molecule has 0 aliphatic rings. The van der Waals surface area contributed by atoms with Gasteiger partial charge < -0.3 is 9.47 Å². The standard InChI is InChI=1S/C14H15ClFNO4S2/c1-20-11-4-3-9(7-10(11)16)23(18,19)17-8-12(21-2)13-5-6-14(15)22-13/h3-7,12,17H,8H2,1-2H3/t12-/m1/s1. The summed E-state index contributed by atoms with van der Waals surface area (Å²) >= 11 is 7.17. The van der Waals surface area contributed by atoms with E-state index < -0.39 is 21.9 Å². The van der Waals surface area contributed by atoms with E-state index >= 15 is 0 Å². The van der Waals surface area contributed by atoms with E-state index in [9.17, 15) is 12.8 Å². The summed E-state index contributed by atoms with van der Waals surface area (Å²) < 4.78 is 51.2. The average molecular weight is 380 g/mol. The SMILES string of the molecule is COc1ccc(S(=O)(=O)NC[C@@H](OC)c2ccc(Cl)s2)cc1F. The minimum Gasteiger partial charge on any atom is -0.494 e. The van der Waals surface area contributed by atoms with Gasteiger partial charge in [-0.05, 0) is 30.3 Å². The molecular weight excluding hydrogens is 365 g/mol. The van der Waals surface area contributed by atoms with Crippen LogP contribution < -0.4 is 9.46 Å². The highest BCUT2D eigenvalue weighted by molar-refractivity contribution is 7.89. The van der Waals surface area contributed by atoms with Crippen LogP contribution in [0.4, 0.5) is 4.39 Å². The number of hydrogen-bond acceptors (Lipinski definition) is 5. The maximum Gasteiger partial charge on any atom is 0.240 e. The monoisotopic (exact) mass is 379 g/mol. The molecule has 0 saturated heterocycles. The number of benzene rings is 1. The van der Waals surface area contributed by atoms with Crippen LogP contribution >= 0.6 is 22.9 Å². The van der Waals surface area contributed by atoms with Crippen LogP contribution in [-0.4, -0.2) is 29.2 Å². The second-order valence-electron chi connectivity index (χ2n) is 4.51. The average Bonchev–Trinajstić information content (AvgIpc) is 2.94. The van der Waals surface area contributed by atoms with Crippen LogP contribution in [0.1, 0.15) is 11.0 Å². The molecule has 0 saturated carbocycles. The van der Waals surface area contributed by atoms with Gasteiger partial charge in [-0.15, -0.1) is 11.3 Å². The fraction of sp³-hybridized carbons (Fsp3) is 0.286.